The maximum atomic E-state index is 14.5. The van der Waals surface area contributed by atoms with Crippen LogP contribution in [-0.4, -0.2) is 26.4 Å². The lowest BCUT2D eigenvalue weighted by Gasteiger charge is -2.11. The van der Waals surface area contributed by atoms with Crippen LogP contribution in [0.15, 0.2) is 71.9 Å². The van der Waals surface area contributed by atoms with Crippen molar-refractivity contribution in [2.75, 3.05) is 11.1 Å². The smallest absolute Gasteiger partial charge is 0.234 e. The number of benzene rings is 3. The van der Waals surface area contributed by atoms with Gasteiger partial charge in [0, 0.05) is 10.7 Å². The highest BCUT2D eigenvalue weighted by molar-refractivity contribution is 7.99. The number of thioether (sulfide) groups is 1. The minimum atomic E-state index is -0.419. The monoisotopic (exact) mass is 477 g/mol. The number of aromatic nitrogens is 3. The first-order valence-electron chi connectivity index (χ1n) is 9.86. The van der Waals surface area contributed by atoms with Gasteiger partial charge in [0.2, 0.25) is 5.91 Å². The van der Waals surface area contributed by atoms with E-state index in [4.69, 9.17) is 11.6 Å². The summed E-state index contributed by atoms with van der Waals surface area (Å²) in [7, 11) is 0. The molecule has 0 aliphatic carbocycles. The number of aryl methyl sites for hydroxylation is 1. The van der Waals surface area contributed by atoms with Crippen LogP contribution in [0.2, 0.25) is 5.02 Å². The Hall–Kier alpha value is -3.67. The van der Waals surface area contributed by atoms with E-state index in [-0.39, 0.29) is 11.7 Å². The summed E-state index contributed by atoms with van der Waals surface area (Å²) in [4.78, 5) is 12.6. The van der Waals surface area contributed by atoms with Crippen molar-refractivity contribution in [2.45, 2.75) is 12.1 Å². The van der Waals surface area contributed by atoms with E-state index in [0.29, 0.717) is 32.8 Å². The fourth-order valence-corrected chi connectivity index (χ4v) is 4.06. The van der Waals surface area contributed by atoms with Gasteiger partial charge in [-0.1, -0.05) is 53.2 Å². The maximum absolute atomic E-state index is 14.5. The number of hydrogen-bond acceptors (Lipinski definition) is 5. The van der Waals surface area contributed by atoms with E-state index in [1.165, 1.54) is 12.1 Å². The lowest BCUT2D eigenvalue weighted by molar-refractivity contribution is -0.113. The van der Waals surface area contributed by atoms with E-state index in [0.717, 1.165) is 23.0 Å². The van der Waals surface area contributed by atoms with Gasteiger partial charge in [-0.2, -0.15) is 5.26 Å². The zero-order valence-corrected chi connectivity index (χ0v) is 19.0. The van der Waals surface area contributed by atoms with Crippen molar-refractivity contribution in [3.8, 4) is 23.1 Å². The molecule has 0 saturated carbocycles. The molecule has 9 heteroatoms. The van der Waals surface area contributed by atoms with Crippen molar-refractivity contribution in [3.05, 3.63) is 88.7 Å². The second-order valence-corrected chi connectivity index (χ2v) is 8.47. The molecular weight excluding hydrogens is 461 g/mol. The van der Waals surface area contributed by atoms with Crippen molar-refractivity contribution in [1.29, 1.82) is 5.26 Å². The summed E-state index contributed by atoms with van der Waals surface area (Å²) in [6.45, 7) is 1.97. The Morgan fingerprint density at radius 2 is 1.91 bits per heavy atom. The van der Waals surface area contributed by atoms with Gasteiger partial charge >= 0.3 is 0 Å². The predicted octanol–water partition coefficient (Wildman–Crippen LogP) is 5.64. The third-order valence-electron chi connectivity index (χ3n) is 4.75. The van der Waals surface area contributed by atoms with Gasteiger partial charge in [-0.05, 0) is 49.4 Å². The molecule has 0 aliphatic heterocycles. The van der Waals surface area contributed by atoms with E-state index in [2.05, 4.69) is 15.5 Å². The first kappa shape index (κ1) is 22.5. The number of carbonyl (C=O) groups is 1. The molecule has 0 spiro atoms. The molecule has 0 bridgehead atoms. The largest absolute Gasteiger partial charge is 0.324 e. The van der Waals surface area contributed by atoms with Gasteiger partial charge in [0.25, 0.3) is 0 Å². The lowest BCUT2D eigenvalue weighted by Crippen LogP contribution is -2.15. The molecule has 0 aliphatic rings. The molecule has 0 saturated heterocycles. The van der Waals surface area contributed by atoms with Gasteiger partial charge in [-0.3, -0.25) is 9.36 Å². The Morgan fingerprint density at radius 1 is 1.15 bits per heavy atom. The highest BCUT2D eigenvalue weighted by Gasteiger charge is 2.19. The number of nitrogens with one attached hydrogen (secondary N) is 1. The first-order chi connectivity index (χ1) is 16.0. The van der Waals surface area contributed by atoms with Crippen molar-refractivity contribution < 1.29 is 9.18 Å². The Balaban J connectivity index is 1.62. The number of anilines is 1. The number of hydrogen-bond donors (Lipinski definition) is 1. The number of rotatable bonds is 6. The van der Waals surface area contributed by atoms with Crippen LogP contribution in [-0.2, 0) is 4.79 Å². The summed E-state index contributed by atoms with van der Waals surface area (Å²) in [5, 5.41) is 21.2. The van der Waals surface area contributed by atoms with Gasteiger partial charge in [0.15, 0.2) is 11.0 Å². The van der Waals surface area contributed by atoms with Gasteiger partial charge < -0.3 is 5.32 Å². The van der Waals surface area contributed by atoms with Crippen molar-refractivity contribution in [2.24, 2.45) is 0 Å². The molecule has 0 radical (unpaired) electrons. The minimum Gasteiger partial charge on any atom is -0.324 e. The van der Waals surface area contributed by atoms with Crippen molar-refractivity contribution >= 4 is 35.0 Å². The fourth-order valence-electron chi connectivity index (χ4n) is 3.14. The molecule has 3 aromatic carbocycles. The second kappa shape index (κ2) is 9.86. The second-order valence-electron chi connectivity index (χ2n) is 7.10. The number of nitrogens with zero attached hydrogens (tertiary/aromatic N) is 4. The zero-order chi connectivity index (χ0) is 23.4. The fraction of sp³-hybridized carbons (Fsp3) is 0.0833. The van der Waals surface area contributed by atoms with Crippen LogP contribution in [0.1, 0.15) is 11.1 Å². The Morgan fingerprint density at radius 3 is 2.64 bits per heavy atom. The molecule has 0 fully saturated rings. The van der Waals surface area contributed by atoms with Gasteiger partial charge in [0.1, 0.15) is 11.9 Å². The lowest BCUT2D eigenvalue weighted by atomic mass is 10.2. The van der Waals surface area contributed by atoms with Crippen molar-refractivity contribution in [1.82, 2.24) is 14.8 Å². The molecule has 4 aromatic rings. The average Bonchev–Trinajstić information content (AvgIpc) is 3.22. The molecule has 1 heterocycles. The van der Waals surface area contributed by atoms with E-state index in [1.54, 1.807) is 34.9 Å². The molecule has 1 N–H and O–H groups in total. The average molecular weight is 478 g/mol. The molecule has 6 nitrogen and oxygen atoms in total. The highest BCUT2D eigenvalue weighted by atomic mass is 35.5. The Bertz CT molecular complexity index is 1360. The summed E-state index contributed by atoms with van der Waals surface area (Å²) in [6, 6.07) is 20.6. The summed E-state index contributed by atoms with van der Waals surface area (Å²) in [6.07, 6.45) is 0. The zero-order valence-electron chi connectivity index (χ0n) is 17.4. The Labute approximate surface area is 199 Å². The highest BCUT2D eigenvalue weighted by Crippen LogP contribution is 2.30. The molecule has 1 aromatic heterocycles. The molecule has 1 amide bonds. The number of carbonyl (C=O) groups excluding carboxylic acids is 1. The van der Waals surface area contributed by atoms with Crippen LogP contribution < -0.4 is 5.32 Å². The quantitative estimate of drug-likeness (QED) is 0.363. The Kier molecular flexibility index (Phi) is 6.73. The van der Waals surface area contributed by atoms with Crippen LogP contribution in [0.4, 0.5) is 10.1 Å². The van der Waals surface area contributed by atoms with Crippen LogP contribution in [0.5, 0.6) is 0 Å². The third-order valence-corrected chi connectivity index (χ3v) is 5.91. The molecule has 0 unspecified atom stereocenters. The maximum Gasteiger partial charge on any atom is 0.234 e. The SMILES string of the molecule is Cc1ccc(-n2c(SCC(=O)Nc3cc(Cl)ccc3C#N)nnc2-c2ccccc2F)cc1. The molecular formula is C24H17ClFN5OS. The van der Waals surface area contributed by atoms with Crippen LogP contribution in [0, 0.1) is 24.1 Å². The normalized spacial score (nSPS) is 10.6. The first-order valence-corrected chi connectivity index (χ1v) is 11.2. The summed E-state index contributed by atoms with van der Waals surface area (Å²) < 4.78 is 16.2. The topological polar surface area (TPSA) is 83.6 Å². The van der Waals surface area contributed by atoms with Gasteiger partial charge in [-0.15, -0.1) is 10.2 Å². The van der Waals surface area contributed by atoms with E-state index >= 15 is 0 Å². The van der Waals surface area contributed by atoms with Gasteiger partial charge in [-0.25, -0.2) is 4.39 Å². The molecule has 0 atom stereocenters. The summed E-state index contributed by atoms with van der Waals surface area (Å²) in [5.74, 6) is -0.428. The third kappa shape index (κ3) is 5.06. The predicted molar refractivity (Wildman–Crippen MR) is 127 cm³/mol. The van der Waals surface area contributed by atoms with Gasteiger partial charge in [0.05, 0.1) is 22.6 Å². The van der Waals surface area contributed by atoms with E-state index in [9.17, 15) is 14.4 Å². The van der Waals surface area contributed by atoms with Crippen molar-refractivity contribution in [3.63, 3.8) is 0 Å². The van der Waals surface area contributed by atoms with Crippen LogP contribution in [0.25, 0.3) is 17.1 Å². The number of nitriles is 1. The van der Waals surface area contributed by atoms with Crippen LogP contribution >= 0.6 is 23.4 Å². The standard InChI is InChI=1S/C24H17ClFN5OS/c1-15-6-10-18(11-7-15)31-23(19-4-2-3-5-20(19)26)29-30-24(31)33-14-22(32)28-21-12-17(25)9-8-16(21)13-27/h2-12H,14H2,1H3,(H,28,32). The minimum absolute atomic E-state index is 0.00134. The van der Waals surface area contributed by atoms with Crippen LogP contribution in [0.3, 0.4) is 0 Å². The summed E-state index contributed by atoms with van der Waals surface area (Å²) >= 11 is 7.14. The summed E-state index contributed by atoms with van der Waals surface area (Å²) in [5.41, 5.74) is 2.76. The number of amides is 1. The number of halogens is 2. The molecule has 4 rings (SSSR count). The van der Waals surface area contributed by atoms with E-state index < -0.39 is 5.82 Å². The molecule has 164 valence electrons. The molecule has 33 heavy (non-hydrogen) atoms. The van der Waals surface area contributed by atoms with E-state index in [1.807, 2.05) is 37.3 Å².